The average Bonchev–Trinajstić information content (AvgIpc) is 2.80. The summed E-state index contributed by atoms with van der Waals surface area (Å²) in [6, 6.07) is 9.28. The van der Waals surface area contributed by atoms with E-state index in [1.807, 2.05) is 29.5 Å². The van der Waals surface area contributed by atoms with Gasteiger partial charge in [0, 0.05) is 22.1 Å². The van der Waals surface area contributed by atoms with E-state index in [1.165, 1.54) is 4.88 Å². The number of thiophene rings is 1. The maximum Gasteiger partial charge on any atom is 0.335 e. The molecule has 0 saturated carbocycles. The second kappa shape index (κ2) is 5.54. The highest BCUT2D eigenvalue weighted by atomic mass is 79.9. The minimum Gasteiger partial charge on any atom is -0.478 e. The van der Waals surface area contributed by atoms with Gasteiger partial charge in [0.25, 0.3) is 0 Å². The lowest BCUT2D eigenvalue weighted by atomic mass is 10.2. The highest BCUT2D eigenvalue weighted by Gasteiger charge is 2.09. The number of aromatic carboxylic acids is 1. The summed E-state index contributed by atoms with van der Waals surface area (Å²) >= 11 is 5.03. The Bertz CT molecular complexity index is 554. The van der Waals surface area contributed by atoms with Crippen LogP contribution in [0, 0.1) is 0 Å². The fraction of sp³-hybridized carbons (Fsp3) is 0.154. The molecular weight excluding hydrogens is 314 g/mol. The summed E-state index contributed by atoms with van der Waals surface area (Å²) in [6.45, 7) is 0.771. The average molecular weight is 326 g/mol. The third-order valence-electron chi connectivity index (χ3n) is 2.54. The summed E-state index contributed by atoms with van der Waals surface area (Å²) in [4.78, 5) is 14.3. The number of carbonyl (C=O) groups is 1. The molecule has 0 unspecified atom stereocenters. The highest BCUT2D eigenvalue weighted by Crippen LogP contribution is 2.24. The summed E-state index contributed by atoms with van der Waals surface area (Å²) < 4.78 is 0.774. The minimum atomic E-state index is -0.915. The van der Waals surface area contributed by atoms with Gasteiger partial charge in [-0.15, -0.1) is 11.3 Å². The lowest BCUT2D eigenvalue weighted by Gasteiger charge is -2.19. The van der Waals surface area contributed by atoms with Gasteiger partial charge in [0.05, 0.1) is 12.1 Å². The van der Waals surface area contributed by atoms with Crippen molar-refractivity contribution in [1.82, 2.24) is 0 Å². The first-order valence-corrected chi connectivity index (χ1v) is 7.01. The number of nitrogens with zero attached hydrogens (tertiary/aromatic N) is 1. The number of rotatable bonds is 4. The van der Waals surface area contributed by atoms with Crippen LogP contribution in [0.2, 0.25) is 0 Å². The largest absolute Gasteiger partial charge is 0.478 e. The van der Waals surface area contributed by atoms with Crippen LogP contribution < -0.4 is 4.90 Å². The molecule has 2 aromatic rings. The van der Waals surface area contributed by atoms with E-state index in [-0.39, 0.29) is 5.56 Å². The van der Waals surface area contributed by atoms with E-state index in [4.69, 9.17) is 5.11 Å². The molecule has 0 spiro atoms. The summed E-state index contributed by atoms with van der Waals surface area (Å²) in [5.74, 6) is -0.915. The second-order valence-electron chi connectivity index (χ2n) is 3.94. The first-order valence-electron chi connectivity index (χ1n) is 5.33. The van der Waals surface area contributed by atoms with Gasteiger partial charge < -0.3 is 10.0 Å². The Morgan fingerprint density at radius 1 is 1.44 bits per heavy atom. The van der Waals surface area contributed by atoms with Crippen molar-refractivity contribution >= 4 is 38.9 Å². The fourth-order valence-corrected chi connectivity index (χ4v) is 2.88. The molecule has 18 heavy (non-hydrogen) atoms. The van der Waals surface area contributed by atoms with Crippen LogP contribution in [0.5, 0.6) is 0 Å². The van der Waals surface area contributed by atoms with Gasteiger partial charge in [-0.1, -0.05) is 22.0 Å². The quantitative estimate of drug-likeness (QED) is 0.928. The van der Waals surface area contributed by atoms with Gasteiger partial charge >= 0.3 is 5.97 Å². The zero-order chi connectivity index (χ0) is 13.1. The molecule has 1 heterocycles. The van der Waals surface area contributed by atoms with Gasteiger partial charge in [0.15, 0.2) is 0 Å². The summed E-state index contributed by atoms with van der Waals surface area (Å²) in [6.07, 6.45) is 0. The molecule has 0 atom stereocenters. The topological polar surface area (TPSA) is 40.5 Å². The molecule has 0 bridgehead atoms. The van der Waals surface area contributed by atoms with Crippen molar-refractivity contribution in [1.29, 1.82) is 0 Å². The molecule has 3 nitrogen and oxygen atoms in total. The Kier molecular flexibility index (Phi) is 4.04. The van der Waals surface area contributed by atoms with Crippen molar-refractivity contribution in [2.24, 2.45) is 0 Å². The normalized spacial score (nSPS) is 10.3. The van der Waals surface area contributed by atoms with Crippen molar-refractivity contribution in [3.63, 3.8) is 0 Å². The Hall–Kier alpha value is -1.33. The Balaban J connectivity index is 2.24. The van der Waals surface area contributed by atoms with Gasteiger partial charge in [-0.05, 0) is 29.6 Å². The van der Waals surface area contributed by atoms with Gasteiger partial charge in [-0.2, -0.15) is 0 Å². The first kappa shape index (κ1) is 13.1. The SMILES string of the molecule is CN(Cc1cccs1)c1cc(Br)cc(C(=O)O)c1. The number of anilines is 1. The summed E-state index contributed by atoms with van der Waals surface area (Å²) in [5.41, 5.74) is 1.17. The highest BCUT2D eigenvalue weighted by molar-refractivity contribution is 9.10. The molecule has 1 aromatic heterocycles. The third-order valence-corrected chi connectivity index (χ3v) is 3.86. The summed E-state index contributed by atoms with van der Waals surface area (Å²) in [7, 11) is 1.95. The number of carboxylic acid groups (broad SMARTS) is 1. The molecule has 0 fully saturated rings. The molecule has 1 N–H and O–H groups in total. The Morgan fingerprint density at radius 2 is 2.22 bits per heavy atom. The smallest absolute Gasteiger partial charge is 0.335 e. The maximum absolute atomic E-state index is 11.0. The van der Waals surface area contributed by atoms with Gasteiger partial charge in [0.1, 0.15) is 0 Å². The van der Waals surface area contributed by atoms with E-state index < -0.39 is 5.97 Å². The molecule has 2 rings (SSSR count). The number of benzene rings is 1. The van der Waals surface area contributed by atoms with E-state index >= 15 is 0 Å². The van der Waals surface area contributed by atoms with Crippen molar-refractivity contribution in [3.05, 3.63) is 50.6 Å². The number of hydrogen-bond donors (Lipinski definition) is 1. The summed E-state index contributed by atoms with van der Waals surface area (Å²) in [5, 5.41) is 11.1. The Labute approximate surface area is 118 Å². The van der Waals surface area contributed by atoms with Crippen molar-refractivity contribution in [3.8, 4) is 0 Å². The molecule has 0 aliphatic heterocycles. The minimum absolute atomic E-state index is 0.289. The van der Waals surface area contributed by atoms with E-state index in [9.17, 15) is 4.79 Å². The lowest BCUT2D eigenvalue weighted by Crippen LogP contribution is -2.16. The molecule has 5 heteroatoms. The van der Waals surface area contributed by atoms with Crippen LogP contribution in [0.1, 0.15) is 15.2 Å². The van der Waals surface area contributed by atoms with E-state index in [2.05, 4.69) is 22.0 Å². The van der Waals surface area contributed by atoms with Gasteiger partial charge in [0.2, 0.25) is 0 Å². The standard InChI is InChI=1S/C13H12BrNO2S/c1-15(8-12-3-2-4-18-12)11-6-9(13(16)17)5-10(14)7-11/h2-7H,8H2,1H3,(H,16,17). The third kappa shape index (κ3) is 3.11. The molecule has 0 aliphatic carbocycles. The number of halogens is 1. The van der Waals surface area contributed by atoms with Crippen molar-refractivity contribution in [2.45, 2.75) is 6.54 Å². The first-order chi connectivity index (χ1) is 8.56. The van der Waals surface area contributed by atoms with Crippen LogP contribution in [0.3, 0.4) is 0 Å². The second-order valence-corrected chi connectivity index (χ2v) is 5.89. The van der Waals surface area contributed by atoms with E-state index in [1.54, 1.807) is 23.5 Å². The van der Waals surface area contributed by atoms with Gasteiger partial charge in [-0.3, -0.25) is 0 Å². The van der Waals surface area contributed by atoms with Crippen LogP contribution in [-0.2, 0) is 6.54 Å². The van der Waals surface area contributed by atoms with Crippen LogP contribution in [0.25, 0.3) is 0 Å². The van der Waals surface area contributed by atoms with Crippen LogP contribution in [0.15, 0.2) is 40.2 Å². The predicted molar refractivity (Wildman–Crippen MR) is 77.5 cm³/mol. The fourth-order valence-electron chi connectivity index (χ4n) is 1.65. The van der Waals surface area contributed by atoms with Gasteiger partial charge in [-0.25, -0.2) is 4.79 Å². The Morgan fingerprint density at radius 3 is 2.83 bits per heavy atom. The molecule has 94 valence electrons. The maximum atomic E-state index is 11.0. The predicted octanol–water partition coefficient (Wildman–Crippen LogP) is 3.85. The zero-order valence-corrected chi connectivity index (χ0v) is 12.2. The molecular formula is C13H12BrNO2S. The monoisotopic (exact) mass is 325 g/mol. The molecule has 0 aliphatic rings. The van der Waals surface area contributed by atoms with Crippen LogP contribution >= 0.6 is 27.3 Å². The van der Waals surface area contributed by atoms with E-state index in [0.717, 1.165) is 16.7 Å². The lowest BCUT2D eigenvalue weighted by molar-refractivity contribution is 0.0697. The zero-order valence-electron chi connectivity index (χ0n) is 9.76. The van der Waals surface area contributed by atoms with E-state index in [0.29, 0.717) is 0 Å². The van der Waals surface area contributed by atoms with Crippen molar-refractivity contribution < 1.29 is 9.90 Å². The molecule has 0 saturated heterocycles. The molecule has 0 radical (unpaired) electrons. The molecule has 0 amide bonds. The molecule has 1 aromatic carbocycles. The van der Waals surface area contributed by atoms with Crippen LogP contribution in [-0.4, -0.2) is 18.1 Å². The number of carboxylic acids is 1. The number of hydrogen-bond acceptors (Lipinski definition) is 3. The van der Waals surface area contributed by atoms with Crippen LogP contribution in [0.4, 0.5) is 5.69 Å². The van der Waals surface area contributed by atoms with Crippen molar-refractivity contribution in [2.75, 3.05) is 11.9 Å².